The Bertz CT molecular complexity index is 1170. The highest BCUT2D eigenvalue weighted by Crippen LogP contribution is 2.46. The van der Waals surface area contributed by atoms with Crippen molar-refractivity contribution < 1.29 is 9.15 Å². The Kier molecular flexibility index (Phi) is 2.17. The monoisotopic (exact) mass is 306 g/mol. The van der Waals surface area contributed by atoms with Gasteiger partial charge in [-0.05, 0) is 18.2 Å². The van der Waals surface area contributed by atoms with Gasteiger partial charge in [0.2, 0.25) is 5.71 Å². The van der Waals surface area contributed by atoms with E-state index in [1.807, 2.05) is 18.2 Å². The largest absolute Gasteiger partial charge is 0.492 e. The molecule has 1 aliphatic rings. The summed E-state index contributed by atoms with van der Waals surface area (Å²) in [5, 5.41) is 2.58. The van der Waals surface area contributed by atoms with Crippen LogP contribution in [0.4, 0.5) is 0 Å². The van der Waals surface area contributed by atoms with Crippen LogP contribution in [0.3, 0.4) is 0 Å². The molecule has 3 aromatic heterocycles. The number of pyridine rings is 1. The molecule has 23 heavy (non-hydrogen) atoms. The highest BCUT2D eigenvalue weighted by atomic mass is 16.5. The molecule has 1 N–H and O–H groups in total. The van der Waals surface area contributed by atoms with Crippen molar-refractivity contribution in [3.05, 3.63) is 46.4 Å². The van der Waals surface area contributed by atoms with Crippen molar-refractivity contribution in [3.63, 3.8) is 0 Å². The third kappa shape index (κ3) is 1.51. The van der Waals surface area contributed by atoms with E-state index >= 15 is 0 Å². The van der Waals surface area contributed by atoms with Gasteiger partial charge in [0, 0.05) is 27.9 Å². The molecule has 4 aromatic rings. The highest BCUT2D eigenvalue weighted by Gasteiger charge is 2.34. The van der Waals surface area contributed by atoms with Crippen molar-refractivity contribution >= 4 is 32.9 Å². The zero-order valence-corrected chi connectivity index (χ0v) is 12.8. The molecule has 5 nitrogen and oxygen atoms in total. The molecule has 0 unspecified atom stereocenters. The Hall–Kier alpha value is -2.82. The number of hydrogen-bond acceptors (Lipinski definition) is 4. The quantitative estimate of drug-likeness (QED) is 0.540. The van der Waals surface area contributed by atoms with E-state index in [0.717, 1.165) is 33.0 Å². The summed E-state index contributed by atoms with van der Waals surface area (Å²) in [6, 6.07) is 7.84. The lowest BCUT2D eigenvalue weighted by Gasteiger charge is -2.14. The number of benzene rings is 1. The fourth-order valence-corrected chi connectivity index (χ4v) is 3.49. The van der Waals surface area contributed by atoms with E-state index in [0.29, 0.717) is 17.8 Å². The molecule has 0 saturated heterocycles. The smallest absolute Gasteiger partial charge is 0.362 e. The maximum Gasteiger partial charge on any atom is 0.362 e. The third-order valence-corrected chi connectivity index (χ3v) is 4.66. The Morgan fingerprint density at radius 1 is 1.22 bits per heavy atom. The molecule has 0 spiro atoms. The molecule has 0 saturated carbocycles. The van der Waals surface area contributed by atoms with Gasteiger partial charge >= 0.3 is 5.63 Å². The predicted octanol–water partition coefficient (Wildman–Crippen LogP) is 3.49. The molecule has 0 atom stereocenters. The molecule has 0 fully saturated rings. The number of aromatic amines is 1. The molecule has 0 radical (unpaired) electrons. The van der Waals surface area contributed by atoms with Crippen molar-refractivity contribution in [1.29, 1.82) is 0 Å². The molecule has 114 valence electrons. The first-order chi connectivity index (χ1) is 11.1. The summed E-state index contributed by atoms with van der Waals surface area (Å²) in [5.74, 6) is 0.856. The lowest BCUT2D eigenvalue weighted by Crippen LogP contribution is -2.18. The summed E-state index contributed by atoms with van der Waals surface area (Å²) in [7, 11) is 0. The van der Waals surface area contributed by atoms with Gasteiger partial charge in [0.05, 0.1) is 17.5 Å². The summed E-state index contributed by atoms with van der Waals surface area (Å²) >= 11 is 0. The van der Waals surface area contributed by atoms with E-state index < -0.39 is 5.63 Å². The van der Waals surface area contributed by atoms with E-state index in [9.17, 15) is 4.79 Å². The summed E-state index contributed by atoms with van der Waals surface area (Å²) in [6.07, 6.45) is 1.62. The number of rotatable bonds is 0. The minimum absolute atomic E-state index is 0.0411. The minimum atomic E-state index is -0.409. The average Bonchev–Trinajstić information content (AvgIpc) is 3.06. The van der Waals surface area contributed by atoms with Crippen LogP contribution in [0.15, 0.2) is 39.7 Å². The molecule has 1 aromatic carbocycles. The average molecular weight is 306 g/mol. The second-order valence-electron chi connectivity index (χ2n) is 6.66. The van der Waals surface area contributed by atoms with Crippen molar-refractivity contribution in [1.82, 2.24) is 9.97 Å². The van der Waals surface area contributed by atoms with Crippen LogP contribution in [0.5, 0.6) is 5.75 Å². The predicted molar refractivity (Wildman–Crippen MR) is 88.2 cm³/mol. The van der Waals surface area contributed by atoms with Crippen molar-refractivity contribution in [2.45, 2.75) is 19.3 Å². The normalized spacial score (nSPS) is 16.1. The SMILES string of the molecule is CC1(C)COc2c1ccc1[nH]c3c(=O)oc4ncccc4c3c21. The maximum absolute atomic E-state index is 12.3. The fraction of sp³-hybridized carbons (Fsp3) is 0.222. The van der Waals surface area contributed by atoms with E-state index in [-0.39, 0.29) is 5.41 Å². The number of aromatic nitrogens is 2. The van der Waals surface area contributed by atoms with Crippen LogP contribution in [0, 0.1) is 0 Å². The highest BCUT2D eigenvalue weighted by molar-refractivity contribution is 6.20. The number of hydrogen-bond donors (Lipinski definition) is 1. The van der Waals surface area contributed by atoms with Crippen LogP contribution >= 0.6 is 0 Å². The standard InChI is InChI=1S/C18H14N2O3/c1-18(2)8-22-15-10(18)5-6-11-13(15)12-9-4-3-7-19-16(9)23-17(21)14(12)20-11/h3-7,20H,8H2,1-2H3. The first kappa shape index (κ1) is 12.7. The van der Waals surface area contributed by atoms with Gasteiger partial charge in [-0.3, -0.25) is 0 Å². The van der Waals surface area contributed by atoms with Crippen molar-refractivity contribution in [2.24, 2.45) is 0 Å². The summed E-state index contributed by atoms with van der Waals surface area (Å²) in [5.41, 5.74) is 2.40. The van der Waals surface area contributed by atoms with Gasteiger partial charge in [-0.2, -0.15) is 0 Å². The van der Waals surface area contributed by atoms with Gasteiger partial charge in [-0.25, -0.2) is 9.78 Å². The van der Waals surface area contributed by atoms with Gasteiger partial charge in [0.1, 0.15) is 11.3 Å². The number of ether oxygens (including phenoxy) is 1. The summed E-state index contributed by atoms with van der Waals surface area (Å²) < 4.78 is 11.3. The molecule has 4 heterocycles. The third-order valence-electron chi connectivity index (χ3n) is 4.66. The van der Waals surface area contributed by atoms with E-state index in [1.54, 1.807) is 6.20 Å². The van der Waals surface area contributed by atoms with E-state index in [4.69, 9.17) is 9.15 Å². The van der Waals surface area contributed by atoms with Crippen molar-refractivity contribution in [2.75, 3.05) is 6.61 Å². The summed E-state index contributed by atoms with van der Waals surface area (Å²) in [6.45, 7) is 4.95. The molecule has 1 aliphatic heterocycles. The molecule has 0 amide bonds. The molecular weight excluding hydrogens is 292 g/mol. The van der Waals surface area contributed by atoms with Crippen LogP contribution in [-0.2, 0) is 5.41 Å². The molecule has 0 bridgehead atoms. The lowest BCUT2D eigenvalue weighted by atomic mass is 9.86. The Morgan fingerprint density at radius 2 is 2.09 bits per heavy atom. The van der Waals surface area contributed by atoms with Crippen LogP contribution in [0.1, 0.15) is 19.4 Å². The Morgan fingerprint density at radius 3 is 2.96 bits per heavy atom. The number of fused-ring (bicyclic) bond motifs is 7. The molecule has 5 rings (SSSR count). The molecule has 0 aliphatic carbocycles. The molecular formula is C18H14N2O3. The first-order valence-corrected chi connectivity index (χ1v) is 7.56. The number of nitrogens with zero attached hydrogens (tertiary/aromatic N) is 1. The molecule has 5 heteroatoms. The number of H-pyrrole nitrogens is 1. The van der Waals surface area contributed by atoms with Gasteiger partial charge in [-0.1, -0.05) is 19.9 Å². The van der Waals surface area contributed by atoms with Crippen LogP contribution in [-0.4, -0.2) is 16.6 Å². The zero-order valence-electron chi connectivity index (χ0n) is 12.8. The second kappa shape index (κ2) is 3.93. The lowest BCUT2D eigenvalue weighted by molar-refractivity contribution is 0.293. The van der Waals surface area contributed by atoms with E-state index in [1.165, 1.54) is 0 Å². The van der Waals surface area contributed by atoms with Crippen molar-refractivity contribution in [3.8, 4) is 5.75 Å². The first-order valence-electron chi connectivity index (χ1n) is 7.56. The van der Waals surface area contributed by atoms with Gasteiger partial charge in [0.25, 0.3) is 0 Å². The summed E-state index contributed by atoms with van der Waals surface area (Å²) in [4.78, 5) is 19.7. The van der Waals surface area contributed by atoms with Crippen LogP contribution in [0.25, 0.3) is 32.9 Å². The fourth-order valence-electron chi connectivity index (χ4n) is 3.49. The van der Waals surface area contributed by atoms with Gasteiger partial charge in [-0.15, -0.1) is 0 Å². The topological polar surface area (TPSA) is 68.1 Å². The zero-order chi connectivity index (χ0) is 15.8. The minimum Gasteiger partial charge on any atom is -0.492 e. The Labute approximate surface area is 130 Å². The Balaban J connectivity index is 2.10. The van der Waals surface area contributed by atoms with E-state index in [2.05, 4.69) is 29.9 Å². The van der Waals surface area contributed by atoms with Gasteiger partial charge < -0.3 is 14.1 Å². The number of nitrogens with one attached hydrogen (secondary N) is 1. The van der Waals surface area contributed by atoms with Crippen LogP contribution in [0.2, 0.25) is 0 Å². The van der Waals surface area contributed by atoms with Gasteiger partial charge in [0.15, 0.2) is 0 Å². The maximum atomic E-state index is 12.3. The second-order valence-corrected chi connectivity index (χ2v) is 6.66. The van der Waals surface area contributed by atoms with Crippen LogP contribution < -0.4 is 10.4 Å².